The molecule has 3 aliphatic rings. The van der Waals surface area contributed by atoms with E-state index < -0.39 is 15.6 Å². The molecular formula is C22H27N4O5S2+. The number of nitrogens with zero attached hydrogens (tertiary/aromatic N) is 2. The number of fused-ring (bicyclic) bond motifs is 2. The van der Waals surface area contributed by atoms with Crippen molar-refractivity contribution in [3.05, 3.63) is 46.8 Å². The van der Waals surface area contributed by atoms with Crippen LogP contribution >= 0.6 is 11.3 Å². The highest BCUT2D eigenvalue weighted by molar-refractivity contribution is 7.91. The van der Waals surface area contributed by atoms with Gasteiger partial charge in [-0.25, -0.2) is 18.1 Å². The minimum Gasteiger partial charge on any atom is -0.497 e. The first-order chi connectivity index (χ1) is 15.8. The summed E-state index contributed by atoms with van der Waals surface area (Å²) in [5.41, 5.74) is 0.842. The molecule has 33 heavy (non-hydrogen) atoms. The molecule has 11 heteroatoms. The average Bonchev–Trinajstić information content (AvgIpc) is 3.44. The third kappa shape index (κ3) is 3.72. The highest BCUT2D eigenvalue weighted by Crippen LogP contribution is 2.40. The number of urea groups is 1. The van der Waals surface area contributed by atoms with Crippen LogP contribution < -0.4 is 15.0 Å². The summed E-state index contributed by atoms with van der Waals surface area (Å²) < 4.78 is 32.7. The average molecular weight is 492 g/mol. The van der Waals surface area contributed by atoms with E-state index in [1.165, 1.54) is 20.5 Å². The largest absolute Gasteiger partial charge is 0.497 e. The Balaban J connectivity index is 1.29. The van der Waals surface area contributed by atoms with Crippen molar-refractivity contribution >= 4 is 33.3 Å². The van der Waals surface area contributed by atoms with E-state index in [-0.39, 0.29) is 18.6 Å². The van der Waals surface area contributed by atoms with E-state index in [1.807, 2.05) is 18.2 Å². The lowest BCUT2D eigenvalue weighted by molar-refractivity contribution is -0.910. The second-order valence-electron chi connectivity index (χ2n) is 8.69. The van der Waals surface area contributed by atoms with Crippen molar-refractivity contribution in [2.75, 3.05) is 40.0 Å². The van der Waals surface area contributed by atoms with Crippen molar-refractivity contribution in [3.63, 3.8) is 0 Å². The van der Waals surface area contributed by atoms with Gasteiger partial charge in [-0.05, 0) is 54.0 Å². The molecule has 1 aliphatic carbocycles. The number of benzene rings is 1. The van der Waals surface area contributed by atoms with E-state index in [1.54, 1.807) is 24.6 Å². The van der Waals surface area contributed by atoms with Crippen LogP contribution in [0.3, 0.4) is 0 Å². The summed E-state index contributed by atoms with van der Waals surface area (Å²) >= 11 is 1.21. The number of amides is 3. The maximum absolute atomic E-state index is 13.6. The van der Waals surface area contributed by atoms with Gasteiger partial charge in [-0.1, -0.05) is 12.1 Å². The molecule has 2 N–H and O–H groups in total. The summed E-state index contributed by atoms with van der Waals surface area (Å²) in [7, 11) is -1.87. The van der Waals surface area contributed by atoms with Gasteiger partial charge in [0.15, 0.2) is 6.67 Å². The highest BCUT2D eigenvalue weighted by Gasteiger charge is 2.55. The number of hydrogen-bond donors (Lipinski definition) is 2. The van der Waals surface area contributed by atoms with Gasteiger partial charge in [0.1, 0.15) is 15.5 Å². The van der Waals surface area contributed by atoms with Crippen LogP contribution in [0.1, 0.15) is 24.0 Å². The SMILES string of the molecule is COc1ccc2c(c1)CCC[C@@]21NC(=O)N(C[NH+]2CCN(S(=O)(=O)c3cccs3)CC2)C1=O. The number of carbonyl (C=O) groups is 2. The summed E-state index contributed by atoms with van der Waals surface area (Å²) in [5.74, 6) is 0.513. The molecule has 3 heterocycles. The topological polar surface area (TPSA) is 100 Å². The molecule has 9 nitrogen and oxygen atoms in total. The fourth-order valence-corrected chi connectivity index (χ4v) is 7.67. The van der Waals surface area contributed by atoms with Crippen LogP contribution in [0.5, 0.6) is 5.75 Å². The van der Waals surface area contributed by atoms with Crippen molar-refractivity contribution in [1.29, 1.82) is 0 Å². The van der Waals surface area contributed by atoms with Gasteiger partial charge in [0, 0.05) is 0 Å². The maximum Gasteiger partial charge on any atom is 0.329 e. The standard InChI is InChI=1S/C22H26N4O5S2/c1-31-17-6-7-18-16(14-17)4-2-8-22(18)20(27)26(21(28)23-22)15-24-9-11-25(12-10-24)33(29,30)19-5-3-13-32-19/h3,5-7,13-14H,2,4,8-12,15H2,1H3,(H,23,28)/p+1/t22-/m1/s1. The Morgan fingerprint density at radius 3 is 2.70 bits per heavy atom. The zero-order chi connectivity index (χ0) is 23.2. The number of rotatable bonds is 5. The van der Waals surface area contributed by atoms with Crippen LogP contribution in [0.2, 0.25) is 0 Å². The Morgan fingerprint density at radius 2 is 2.00 bits per heavy atom. The molecule has 0 bridgehead atoms. The molecule has 1 aromatic heterocycles. The first kappa shape index (κ1) is 22.3. The second kappa shape index (κ2) is 8.39. The molecule has 2 fully saturated rings. The number of hydrogen-bond acceptors (Lipinski definition) is 6. The number of aryl methyl sites for hydroxylation is 1. The van der Waals surface area contributed by atoms with Gasteiger partial charge in [-0.15, -0.1) is 11.3 Å². The van der Waals surface area contributed by atoms with E-state index in [9.17, 15) is 18.0 Å². The normalized spacial score (nSPS) is 24.2. The van der Waals surface area contributed by atoms with E-state index >= 15 is 0 Å². The third-order valence-electron chi connectivity index (χ3n) is 6.85. The van der Waals surface area contributed by atoms with Crippen LogP contribution in [0.15, 0.2) is 39.9 Å². The lowest BCUT2D eigenvalue weighted by Crippen LogP contribution is -3.16. The van der Waals surface area contributed by atoms with Gasteiger partial charge in [0.25, 0.3) is 15.9 Å². The molecule has 0 unspecified atom stereocenters. The predicted octanol–water partition coefficient (Wildman–Crippen LogP) is 0.387. The summed E-state index contributed by atoms with van der Waals surface area (Å²) in [5, 5.41) is 4.73. The summed E-state index contributed by atoms with van der Waals surface area (Å²) in [6, 6.07) is 8.61. The Morgan fingerprint density at radius 1 is 1.21 bits per heavy atom. The molecule has 0 radical (unpaired) electrons. The third-order valence-corrected chi connectivity index (χ3v) is 10.1. The Hall–Kier alpha value is -2.47. The number of sulfonamides is 1. The zero-order valence-electron chi connectivity index (χ0n) is 18.4. The lowest BCUT2D eigenvalue weighted by atomic mass is 9.76. The predicted molar refractivity (Wildman–Crippen MR) is 122 cm³/mol. The number of nitrogens with one attached hydrogen (secondary N) is 2. The number of ether oxygens (including phenoxy) is 1. The van der Waals surface area contributed by atoms with Crippen LogP contribution in [-0.2, 0) is 26.8 Å². The van der Waals surface area contributed by atoms with Crippen molar-refractivity contribution in [2.24, 2.45) is 0 Å². The van der Waals surface area contributed by atoms with Crippen molar-refractivity contribution in [3.8, 4) is 5.75 Å². The van der Waals surface area contributed by atoms with Crippen LogP contribution in [-0.4, -0.2) is 69.5 Å². The monoisotopic (exact) mass is 491 g/mol. The summed E-state index contributed by atoms with van der Waals surface area (Å²) in [6.07, 6.45) is 2.20. The fourth-order valence-electron chi connectivity index (χ4n) is 5.08. The smallest absolute Gasteiger partial charge is 0.329 e. The van der Waals surface area contributed by atoms with Gasteiger partial charge >= 0.3 is 6.03 Å². The molecule has 2 aromatic rings. The fraction of sp³-hybridized carbons (Fsp3) is 0.455. The minimum atomic E-state index is -3.48. The molecule has 176 valence electrons. The molecule has 5 rings (SSSR count). The molecule has 2 saturated heterocycles. The summed E-state index contributed by atoms with van der Waals surface area (Å²) in [6.45, 7) is 2.00. The minimum absolute atomic E-state index is 0.222. The molecule has 1 aromatic carbocycles. The van der Waals surface area contributed by atoms with Gasteiger partial charge in [-0.3, -0.25) is 4.79 Å². The summed E-state index contributed by atoms with van der Waals surface area (Å²) in [4.78, 5) is 28.8. The van der Waals surface area contributed by atoms with Crippen LogP contribution in [0.4, 0.5) is 4.79 Å². The first-order valence-corrected chi connectivity index (χ1v) is 13.4. The maximum atomic E-state index is 13.6. The van der Waals surface area contributed by atoms with E-state index in [0.717, 1.165) is 34.6 Å². The van der Waals surface area contributed by atoms with E-state index in [2.05, 4.69) is 5.32 Å². The Bertz CT molecular complexity index is 1180. The highest BCUT2D eigenvalue weighted by atomic mass is 32.2. The van der Waals surface area contributed by atoms with Crippen LogP contribution in [0.25, 0.3) is 0 Å². The number of methoxy groups -OCH3 is 1. The first-order valence-electron chi connectivity index (χ1n) is 11.0. The number of imide groups is 1. The Kier molecular flexibility index (Phi) is 5.68. The van der Waals surface area contributed by atoms with Crippen molar-refractivity contribution < 1.29 is 27.6 Å². The van der Waals surface area contributed by atoms with Gasteiger partial charge in [-0.2, -0.15) is 4.31 Å². The number of thiophene rings is 1. The molecule has 0 saturated carbocycles. The number of carbonyl (C=O) groups excluding carboxylic acids is 2. The quantitative estimate of drug-likeness (QED) is 0.590. The number of piperazine rings is 1. The van der Waals surface area contributed by atoms with Crippen molar-refractivity contribution in [2.45, 2.75) is 29.0 Å². The number of quaternary nitrogens is 1. The van der Waals surface area contributed by atoms with Gasteiger partial charge in [0.05, 0.1) is 33.3 Å². The van der Waals surface area contributed by atoms with E-state index in [4.69, 9.17) is 4.74 Å². The molecule has 1 atom stereocenters. The molecule has 2 aliphatic heterocycles. The molecular weight excluding hydrogens is 464 g/mol. The van der Waals surface area contributed by atoms with Crippen LogP contribution in [0, 0.1) is 0 Å². The van der Waals surface area contributed by atoms with Gasteiger partial charge < -0.3 is 15.0 Å². The van der Waals surface area contributed by atoms with Crippen molar-refractivity contribution in [1.82, 2.24) is 14.5 Å². The Labute approximate surface area is 197 Å². The second-order valence-corrected chi connectivity index (χ2v) is 11.8. The molecule has 3 amide bonds. The molecule has 1 spiro atoms. The van der Waals surface area contributed by atoms with Gasteiger partial charge in [0.2, 0.25) is 0 Å². The lowest BCUT2D eigenvalue weighted by Gasteiger charge is -2.34. The zero-order valence-corrected chi connectivity index (χ0v) is 20.0. The van der Waals surface area contributed by atoms with E-state index in [0.29, 0.717) is 36.8 Å².